The molecule has 0 saturated carbocycles. The van der Waals surface area contributed by atoms with E-state index >= 15 is 0 Å². The predicted molar refractivity (Wildman–Crippen MR) is 153 cm³/mol. The minimum Gasteiger partial charge on any atom is -0.400 e. The molecule has 2 aromatic carbocycles. The number of allylic oxidation sites excluding steroid dienone is 1. The van der Waals surface area contributed by atoms with Gasteiger partial charge in [-0.15, -0.1) is 0 Å². The molecule has 0 aliphatic rings. The van der Waals surface area contributed by atoms with Gasteiger partial charge in [0.1, 0.15) is 0 Å². The lowest BCUT2D eigenvalue weighted by Gasteiger charge is -2.11. The van der Waals surface area contributed by atoms with Crippen molar-refractivity contribution in [1.82, 2.24) is 14.7 Å². The fourth-order valence-electron chi connectivity index (χ4n) is 3.52. The summed E-state index contributed by atoms with van der Waals surface area (Å²) in [5, 5.41) is 15.7. The molecule has 7 nitrogen and oxygen atoms in total. The van der Waals surface area contributed by atoms with Crippen LogP contribution in [0, 0.1) is 6.92 Å². The monoisotopic (exact) mass is 500 g/mol. The number of nitrogens with one attached hydrogen (secondary N) is 1. The molecule has 0 radical (unpaired) electrons. The van der Waals surface area contributed by atoms with Crippen LogP contribution in [0.3, 0.4) is 0 Å². The normalized spacial score (nSPS) is 10.6. The predicted octanol–water partition coefficient (Wildman–Crippen LogP) is 4.95. The van der Waals surface area contributed by atoms with Gasteiger partial charge in [-0.1, -0.05) is 63.3 Å². The molecule has 4 rings (SSSR count). The summed E-state index contributed by atoms with van der Waals surface area (Å²) in [6.45, 7) is 16.1. The van der Waals surface area contributed by atoms with E-state index in [2.05, 4.69) is 42.5 Å². The Hall–Kier alpha value is -4.23. The summed E-state index contributed by atoms with van der Waals surface area (Å²) in [5.74, 6) is 0.774. The van der Waals surface area contributed by atoms with Gasteiger partial charge in [0.15, 0.2) is 0 Å². The van der Waals surface area contributed by atoms with Gasteiger partial charge in [0.25, 0.3) is 17.4 Å². The number of rotatable bonds is 5. The third-order valence-corrected chi connectivity index (χ3v) is 5.16. The van der Waals surface area contributed by atoms with Crippen molar-refractivity contribution in [3.63, 3.8) is 0 Å². The van der Waals surface area contributed by atoms with Crippen LogP contribution >= 0.6 is 0 Å². The number of pyridine rings is 1. The summed E-state index contributed by atoms with van der Waals surface area (Å²) < 4.78 is 6.97. The number of benzene rings is 2. The van der Waals surface area contributed by atoms with Crippen LogP contribution in [0.2, 0.25) is 0 Å². The summed E-state index contributed by atoms with van der Waals surface area (Å²) in [7, 11) is 2.75. The molecule has 0 bridgehead atoms. The maximum absolute atomic E-state index is 13.1. The Labute approximate surface area is 218 Å². The first-order chi connectivity index (χ1) is 17.7. The highest BCUT2D eigenvalue weighted by Gasteiger charge is 2.12. The molecule has 0 aliphatic carbocycles. The third-order valence-electron chi connectivity index (χ3n) is 5.16. The van der Waals surface area contributed by atoms with Gasteiger partial charge in [-0.05, 0) is 71.8 Å². The Bertz CT molecular complexity index is 1500. The smallest absolute Gasteiger partial charge is 0.268 e. The second kappa shape index (κ2) is 13.8. The SMILES string of the molecule is C=C(C)/C=c1\c(=C)cc(-c2cc(Nc3noc(-c4ccccc4)n3)ccc2C)c(=O)n1C.CCC.CO. The van der Waals surface area contributed by atoms with Crippen molar-refractivity contribution in [2.24, 2.45) is 7.05 Å². The Balaban J connectivity index is 0.000000898. The van der Waals surface area contributed by atoms with E-state index < -0.39 is 0 Å². The van der Waals surface area contributed by atoms with E-state index in [1.165, 1.54) is 6.42 Å². The number of hydrogen-bond acceptors (Lipinski definition) is 6. The highest BCUT2D eigenvalue weighted by molar-refractivity contribution is 5.72. The van der Waals surface area contributed by atoms with E-state index in [1.54, 1.807) is 11.6 Å². The lowest BCUT2D eigenvalue weighted by atomic mass is 10.00. The first-order valence-electron chi connectivity index (χ1n) is 12.0. The van der Waals surface area contributed by atoms with Crippen LogP contribution in [0.1, 0.15) is 32.8 Å². The summed E-state index contributed by atoms with van der Waals surface area (Å²) in [4.78, 5) is 17.5. The van der Waals surface area contributed by atoms with Gasteiger partial charge >= 0.3 is 0 Å². The van der Waals surface area contributed by atoms with Gasteiger partial charge in [-0.3, -0.25) is 4.79 Å². The van der Waals surface area contributed by atoms with Crippen LogP contribution in [-0.2, 0) is 7.05 Å². The number of anilines is 2. The van der Waals surface area contributed by atoms with Crippen molar-refractivity contribution in [2.45, 2.75) is 34.1 Å². The average Bonchev–Trinajstić information content (AvgIpc) is 3.36. The van der Waals surface area contributed by atoms with Crippen molar-refractivity contribution < 1.29 is 9.63 Å². The van der Waals surface area contributed by atoms with Gasteiger partial charge in [0.05, 0.1) is 5.35 Å². The molecule has 0 atom stereocenters. The Morgan fingerprint density at radius 2 is 1.76 bits per heavy atom. The number of aliphatic hydroxyl groups excluding tert-OH is 1. The highest BCUT2D eigenvalue weighted by Crippen LogP contribution is 2.26. The van der Waals surface area contributed by atoms with Gasteiger partial charge in [-0.2, -0.15) is 4.98 Å². The van der Waals surface area contributed by atoms with E-state index in [4.69, 9.17) is 9.63 Å². The summed E-state index contributed by atoms with van der Waals surface area (Å²) in [6.07, 6.45) is 3.11. The van der Waals surface area contributed by atoms with Crippen molar-refractivity contribution in [3.8, 4) is 22.6 Å². The molecule has 0 fully saturated rings. The van der Waals surface area contributed by atoms with Crippen molar-refractivity contribution in [1.29, 1.82) is 0 Å². The lowest BCUT2D eigenvalue weighted by Crippen LogP contribution is -2.41. The van der Waals surface area contributed by atoms with Gasteiger partial charge in [-0.25, -0.2) is 0 Å². The molecule has 0 saturated heterocycles. The first kappa shape index (κ1) is 29.0. The fourth-order valence-corrected chi connectivity index (χ4v) is 3.52. The van der Waals surface area contributed by atoms with Crippen LogP contribution in [0.5, 0.6) is 0 Å². The molecule has 37 heavy (non-hydrogen) atoms. The second-order valence-electron chi connectivity index (χ2n) is 8.47. The summed E-state index contributed by atoms with van der Waals surface area (Å²) in [5.41, 5.74) is 4.71. The van der Waals surface area contributed by atoms with Gasteiger partial charge in [0, 0.05) is 31.0 Å². The Kier molecular flexibility index (Phi) is 10.8. The van der Waals surface area contributed by atoms with E-state index in [-0.39, 0.29) is 5.56 Å². The lowest BCUT2D eigenvalue weighted by molar-refractivity contribution is 0.399. The highest BCUT2D eigenvalue weighted by atomic mass is 16.5. The number of aliphatic hydroxyl groups is 1. The quantitative estimate of drug-likeness (QED) is 0.403. The molecule has 0 unspecified atom stereocenters. The van der Waals surface area contributed by atoms with E-state index in [0.717, 1.165) is 45.6 Å². The number of aryl methyl sites for hydroxylation is 1. The third kappa shape index (κ3) is 7.38. The molecular weight excluding hydrogens is 464 g/mol. The van der Waals surface area contributed by atoms with Crippen LogP contribution in [0.15, 0.2) is 76.1 Å². The van der Waals surface area contributed by atoms with Crippen LogP contribution in [-0.4, -0.2) is 26.9 Å². The zero-order valence-electron chi connectivity index (χ0n) is 22.5. The molecule has 2 heterocycles. The van der Waals surface area contributed by atoms with Crippen molar-refractivity contribution in [2.75, 3.05) is 12.4 Å². The van der Waals surface area contributed by atoms with Crippen molar-refractivity contribution >= 4 is 24.3 Å². The topological polar surface area (TPSA) is 93.2 Å². The van der Waals surface area contributed by atoms with Crippen molar-refractivity contribution in [3.05, 3.63) is 93.2 Å². The second-order valence-corrected chi connectivity index (χ2v) is 8.47. The molecule has 194 valence electrons. The molecular formula is C30H36N4O3. The van der Waals surface area contributed by atoms with Gasteiger partial charge in [0.2, 0.25) is 0 Å². The largest absolute Gasteiger partial charge is 0.400 e. The fraction of sp³-hybridized carbons (Fsp3) is 0.233. The zero-order valence-corrected chi connectivity index (χ0v) is 22.5. The number of nitrogens with zero attached hydrogens (tertiary/aromatic N) is 3. The number of hydrogen-bond donors (Lipinski definition) is 2. The molecule has 4 aromatic rings. The van der Waals surface area contributed by atoms with Gasteiger partial charge < -0.3 is 19.5 Å². The van der Waals surface area contributed by atoms with Crippen LogP contribution in [0.25, 0.3) is 35.2 Å². The summed E-state index contributed by atoms with van der Waals surface area (Å²) >= 11 is 0. The average molecular weight is 501 g/mol. The van der Waals surface area contributed by atoms with E-state index in [0.29, 0.717) is 17.4 Å². The zero-order chi connectivity index (χ0) is 27.5. The first-order valence-corrected chi connectivity index (χ1v) is 12.0. The Morgan fingerprint density at radius 3 is 2.38 bits per heavy atom. The van der Waals surface area contributed by atoms with Crippen LogP contribution < -0.4 is 21.4 Å². The maximum atomic E-state index is 13.1. The molecule has 0 aliphatic heterocycles. The minimum atomic E-state index is -0.101. The molecule has 7 heteroatoms. The molecule has 0 amide bonds. The standard InChI is InChI=1S/C26H24N4O2.C3H8.CH4O/c1-16(2)13-23-18(4)14-22(25(31)30(23)5)21-15-20(12-11-17(21)3)27-26-28-24(32-29-26)19-9-7-6-8-10-19;1-3-2;1-2/h6-15H,1,4H2,2-3,5H3,(H,27,29);3H2,1-2H3;2H,1H3/b23-13+;;. The molecule has 2 N–H and O–H groups in total. The Morgan fingerprint density at radius 1 is 1.11 bits per heavy atom. The summed E-state index contributed by atoms with van der Waals surface area (Å²) in [6, 6.07) is 17.2. The minimum absolute atomic E-state index is 0.101. The van der Waals surface area contributed by atoms with E-state index in [1.807, 2.05) is 74.5 Å². The number of aromatic nitrogens is 3. The van der Waals surface area contributed by atoms with E-state index in [9.17, 15) is 4.79 Å². The van der Waals surface area contributed by atoms with Crippen LogP contribution in [0.4, 0.5) is 11.6 Å². The molecule has 0 spiro atoms. The maximum Gasteiger partial charge on any atom is 0.268 e. The molecule has 2 aromatic heterocycles.